The molecule has 0 aromatic heterocycles. The third-order valence-corrected chi connectivity index (χ3v) is 4.23. The SMILES string of the molecule is COC(=O)[C@@H]1C[C@]12C(=O)N(C(=O)OC(C)(C)C)c1ccccc12. The maximum Gasteiger partial charge on any atom is 0.421 e. The Labute approximate surface area is 134 Å². The number of imide groups is 1. The molecular formula is C17H19NO5. The fraction of sp³-hybridized carbons (Fsp3) is 0.471. The molecule has 1 aromatic carbocycles. The third-order valence-electron chi connectivity index (χ3n) is 4.23. The Balaban J connectivity index is 2.01. The minimum absolute atomic E-state index is 0.356. The number of para-hydroxylation sites is 1. The number of fused-ring (bicyclic) bond motifs is 2. The van der Waals surface area contributed by atoms with Crippen LogP contribution in [0.15, 0.2) is 24.3 Å². The Morgan fingerprint density at radius 1 is 1.26 bits per heavy atom. The average molecular weight is 317 g/mol. The van der Waals surface area contributed by atoms with Crippen LogP contribution in [0.1, 0.15) is 32.8 Å². The Morgan fingerprint density at radius 2 is 1.91 bits per heavy atom. The first-order valence-corrected chi connectivity index (χ1v) is 7.47. The highest BCUT2D eigenvalue weighted by Gasteiger charge is 2.71. The van der Waals surface area contributed by atoms with Gasteiger partial charge in [-0.1, -0.05) is 18.2 Å². The van der Waals surface area contributed by atoms with E-state index in [-0.39, 0.29) is 0 Å². The Morgan fingerprint density at radius 3 is 2.52 bits per heavy atom. The summed E-state index contributed by atoms with van der Waals surface area (Å²) in [4.78, 5) is 38.3. The number of benzene rings is 1. The molecule has 1 aliphatic carbocycles. The lowest BCUT2D eigenvalue weighted by Gasteiger charge is -2.24. The minimum atomic E-state index is -0.986. The summed E-state index contributed by atoms with van der Waals surface area (Å²) in [5.41, 5.74) is -0.530. The van der Waals surface area contributed by atoms with Crippen LogP contribution < -0.4 is 4.90 Å². The van der Waals surface area contributed by atoms with E-state index < -0.39 is 34.9 Å². The first-order chi connectivity index (χ1) is 10.7. The van der Waals surface area contributed by atoms with Crippen molar-refractivity contribution in [3.63, 3.8) is 0 Å². The van der Waals surface area contributed by atoms with Crippen molar-refractivity contribution in [2.75, 3.05) is 12.0 Å². The zero-order chi connectivity index (χ0) is 17.0. The molecule has 2 aliphatic rings. The molecule has 0 saturated heterocycles. The first-order valence-electron chi connectivity index (χ1n) is 7.47. The summed E-state index contributed by atoms with van der Waals surface area (Å²) < 4.78 is 10.1. The summed E-state index contributed by atoms with van der Waals surface area (Å²) in [6.45, 7) is 5.21. The highest BCUT2D eigenvalue weighted by atomic mass is 16.6. The molecule has 2 atom stereocenters. The van der Waals surface area contributed by atoms with Gasteiger partial charge in [0, 0.05) is 0 Å². The van der Waals surface area contributed by atoms with Crippen LogP contribution >= 0.6 is 0 Å². The first kappa shape index (κ1) is 15.5. The highest BCUT2D eigenvalue weighted by Crippen LogP contribution is 2.62. The van der Waals surface area contributed by atoms with Crippen molar-refractivity contribution in [1.82, 2.24) is 0 Å². The van der Waals surface area contributed by atoms with Crippen molar-refractivity contribution in [2.45, 2.75) is 38.2 Å². The van der Waals surface area contributed by atoms with Gasteiger partial charge in [-0.2, -0.15) is 0 Å². The summed E-state index contributed by atoms with van der Waals surface area (Å²) in [7, 11) is 1.30. The second-order valence-electron chi connectivity index (χ2n) is 6.89. The predicted octanol–water partition coefficient (Wildman–Crippen LogP) is 2.40. The van der Waals surface area contributed by atoms with E-state index >= 15 is 0 Å². The van der Waals surface area contributed by atoms with Gasteiger partial charge < -0.3 is 9.47 Å². The number of esters is 1. The van der Waals surface area contributed by atoms with E-state index in [0.29, 0.717) is 17.7 Å². The van der Waals surface area contributed by atoms with E-state index in [1.54, 1.807) is 45.0 Å². The molecule has 1 fully saturated rings. The summed E-state index contributed by atoms with van der Waals surface area (Å²) in [6, 6.07) is 7.01. The van der Waals surface area contributed by atoms with Crippen molar-refractivity contribution in [1.29, 1.82) is 0 Å². The van der Waals surface area contributed by atoms with Gasteiger partial charge in [0.25, 0.3) is 0 Å². The van der Waals surface area contributed by atoms with E-state index in [9.17, 15) is 14.4 Å². The van der Waals surface area contributed by atoms with Crippen LogP contribution in [-0.2, 0) is 24.5 Å². The quantitative estimate of drug-likeness (QED) is 0.744. The molecule has 2 amide bonds. The van der Waals surface area contributed by atoms with Gasteiger partial charge in [-0.15, -0.1) is 0 Å². The van der Waals surface area contributed by atoms with E-state index in [1.165, 1.54) is 7.11 Å². The molecule has 1 spiro atoms. The highest BCUT2D eigenvalue weighted by molar-refractivity contribution is 6.24. The van der Waals surface area contributed by atoms with Crippen LogP contribution in [0.2, 0.25) is 0 Å². The summed E-state index contributed by atoms with van der Waals surface area (Å²) in [5.74, 6) is -1.39. The number of amides is 2. The largest absolute Gasteiger partial charge is 0.469 e. The number of nitrogens with zero attached hydrogens (tertiary/aromatic N) is 1. The average Bonchev–Trinajstić information content (AvgIpc) is 3.16. The van der Waals surface area contributed by atoms with Gasteiger partial charge >= 0.3 is 12.1 Å². The van der Waals surface area contributed by atoms with Gasteiger partial charge in [-0.3, -0.25) is 9.59 Å². The summed E-state index contributed by atoms with van der Waals surface area (Å²) in [6.07, 6.45) is -0.364. The van der Waals surface area contributed by atoms with E-state index in [0.717, 1.165) is 4.90 Å². The summed E-state index contributed by atoms with van der Waals surface area (Å²) in [5, 5.41) is 0. The Kier molecular flexibility index (Phi) is 3.25. The number of ether oxygens (including phenoxy) is 2. The van der Waals surface area contributed by atoms with Gasteiger partial charge in [0.1, 0.15) is 5.60 Å². The maximum atomic E-state index is 12.9. The van der Waals surface area contributed by atoms with Crippen molar-refractivity contribution in [3.8, 4) is 0 Å². The van der Waals surface area contributed by atoms with Crippen LogP contribution in [0.4, 0.5) is 10.5 Å². The zero-order valence-electron chi connectivity index (χ0n) is 13.6. The molecule has 0 bridgehead atoms. The lowest BCUT2D eigenvalue weighted by molar-refractivity contribution is -0.143. The topological polar surface area (TPSA) is 72.9 Å². The normalized spacial score (nSPS) is 25.3. The van der Waals surface area contributed by atoms with E-state index in [2.05, 4.69) is 0 Å². The van der Waals surface area contributed by atoms with Crippen molar-refractivity contribution < 1.29 is 23.9 Å². The number of carbonyl (C=O) groups excluding carboxylic acids is 3. The molecule has 0 N–H and O–H groups in total. The molecule has 1 aliphatic heterocycles. The maximum absolute atomic E-state index is 12.9. The fourth-order valence-electron chi connectivity index (χ4n) is 3.18. The number of anilines is 1. The van der Waals surface area contributed by atoms with Crippen LogP contribution in [0.25, 0.3) is 0 Å². The Bertz CT molecular complexity index is 705. The standard InChI is InChI=1S/C17H19NO5/c1-16(2,3)23-15(21)18-12-8-6-5-7-10(12)17(14(18)20)9-11(17)13(19)22-4/h5-8,11H,9H2,1-4H3/t11-,17+/m0/s1. The van der Waals surface area contributed by atoms with Gasteiger partial charge in [0.2, 0.25) is 5.91 Å². The second-order valence-corrected chi connectivity index (χ2v) is 6.89. The van der Waals surface area contributed by atoms with Crippen LogP contribution in [0.5, 0.6) is 0 Å². The molecule has 1 aromatic rings. The molecular weight excluding hydrogens is 298 g/mol. The third kappa shape index (κ3) is 2.20. The molecule has 23 heavy (non-hydrogen) atoms. The molecule has 1 heterocycles. The van der Waals surface area contributed by atoms with Gasteiger partial charge in [0.15, 0.2) is 0 Å². The lowest BCUT2D eigenvalue weighted by atomic mass is 9.95. The zero-order valence-corrected chi connectivity index (χ0v) is 13.6. The molecule has 0 radical (unpaired) electrons. The van der Waals surface area contributed by atoms with Gasteiger partial charge in [0.05, 0.1) is 24.1 Å². The Hall–Kier alpha value is -2.37. The number of carbonyl (C=O) groups is 3. The smallest absolute Gasteiger partial charge is 0.421 e. The molecule has 3 rings (SSSR count). The van der Waals surface area contributed by atoms with Crippen molar-refractivity contribution >= 4 is 23.7 Å². The number of methoxy groups -OCH3 is 1. The van der Waals surface area contributed by atoms with Gasteiger partial charge in [-0.05, 0) is 38.8 Å². The van der Waals surface area contributed by atoms with Crippen molar-refractivity contribution in [3.05, 3.63) is 29.8 Å². The molecule has 6 nitrogen and oxygen atoms in total. The second kappa shape index (κ2) is 4.81. The molecule has 122 valence electrons. The molecule has 6 heteroatoms. The van der Waals surface area contributed by atoms with E-state index in [1.807, 2.05) is 0 Å². The monoisotopic (exact) mass is 317 g/mol. The number of rotatable bonds is 1. The number of hydrogen-bond donors (Lipinski definition) is 0. The fourth-order valence-corrected chi connectivity index (χ4v) is 3.18. The lowest BCUT2D eigenvalue weighted by Crippen LogP contribution is -2.42. The minimum Gasteiger partial charge on any atom is -0.469 e. The van der Waals surface area contributed by atoms with Crippen molar-refractivity contribution in [2.24, 2.45) is 5.92 Å². The molecule has 0 unspecified atom stereocenters. The summed E-state index contributed by atoms with van der Waals surface area (Å²) >= 11 is 0. The van der Waals surface area contributed by atoms with E-state index in [4.69, 9.17) is 9.47 Å². The van der Waals surface area contributed by atoms with Crippen LogP contribution in [0.3, 0.4) is 0 Å². The van der Waals surface area contributed by atoms with Crippen LogP contribution in [-0.4, -0.2) is 30.7 Å². The molecule has 1 saturated carbocycles. The van der Waals surface area contributed by atoms with Crippen LogP contribution in [0, 0.1) is 5.92 Å². The van der Waals surface area contributed by atoms with Gasteiger partial charge in [-0.25, -0.2) is 9.69 Å². The predicted molar refractivity (Wildman–Crippen MR) is 82.0 cm³/mol. The number of hydrogen-bond acceptors (Lipinski definition) is 5.